The monoisotopic (exact) mass is 340 g/mol. The lowest BCUT2D eigenvalue weighted by atomic mass is 9.89. The number of piperidine rings is 1. The Morgan fingerprint density at radius 3 is 2.04 bits per heavy atom. The van der Waals surface area contributed by atoms with E-state index in [9.17, 15) is 9.59 Å². The number of ether oxygens (including phenoxy) is 1. The third-order valence-corrected chi connectivity index (χ3v) is 4.80. The highest BCUT2D eigenvalue weighted by Crippen LogP contribution is 2.23. The zero-order valence-corrected chi connectivity index (χ0v) is 15.5. The maximum Gasteiger partial charge on any atom is 0.410 e. The molecule has 0 aromatic heterocycles. The van der Waals surface area contributed by atoms with Crippen molar-refractivity contribution in [2.24, 2.45) is 11.7 Å². The van der Waals surface area contributed by atoms with Crippen LogP contribution in [0, 0.1) is 5.92 Å². The molecule has 1 atom stereocenters. The summed E-state index contributed by atoms with van der Waals surface area (Å²) in [5, 5.41) is 0. The Balaban J connectivity index is 1.81. The molecule has 7 nitrogen and oxygen atoms in total. The number of hydrogen-bond donors (Lipinski definition) is 1. The predicted molar refractivity (Wildman–Crippen MR) is 92.6 cm³/mol. The molecular weight excluding hydrogens is 308 g/mol. The van der Waals surface area contributed by atoms with E-state index in [4.69, 9.17) is 10.5 Å². The summed E-state index contributed by atoms with van der Waals surface area (Å²) in [5.74, 6) is 0.190. The van der Waals surface area contributed by atoms with Gasteiger partial charge >= 0.3 is 6.09 Å². The summed E-state index contributed by atoms with van der Waals surface area (Å²) in [4.78, 5) is 30.5. The van der Waals surface area contributed by atoms with Crippen LogP contribution in [-0.2, 0) is 9.53 Å². The van der Waals surface area contributed by atoms with E-state index in [2.05, 4.69) is 11.9 Å². The number of carbonyl (C=O) groups is 2. The van der Waals surface area contributed by atoms with E-state index in [1.807, 2.05) is 25.7 Å². The van der Waals surface area contributed by atoms with Crippen LogP contribution in [0.15, 0.2) is 0 Å². The van der Waals surface area contributed by atoms with E-state index in [1.54, 1.807) is 4.90 Å². The SMILES string of the molecule is CN1CCN(C(=O)C(N)C2CCN(C(=O)OC(C)(C)C)CC2)CC1. The van der Waals surface area contributed by atoms with Crippen molar-refractivity contribution in [3.63, 3.8) is 0 Å². The molecule has 138 valence electrons. The third-order valence-electron chi connectivity index (χ3n) is 4.80. The second kappa shape index (κ2) is 7.70. The highest BCUT2D eigenvalue weighted by Gasteiger charge is 2.34. The molecule has 0 aliphatic carbocycles. The van der Waals surface area contributed by atoms with E-state index in [-0.39, 0.29) is 17.9 Å². The van der Waals surface area contributed by atoms with Crippen LogP contribution in [0.4, 0.5) is 4.79 Å². The molecular formula is C17H32N4O3. The molecule has 2 aliphatic rings. The maximum absolute atomic E-state index is 12.6. The van der Waals surface area contributed by atoms with Gasteiger partial charge in [0.2, 0.25) is 5.91 Å². The van der Waals surface area contributed by atoms with Crippen LogP contribution in [0.2, 0.25) is 0 Å². The Bertz CT molecular complexity index is 447. The maximum atomic E-state index is 12.6. The van der Waals surface area contributed by atoms with Gasteiger partial charge in [-0.25, -0.2) is 4.79 Å². The minimum Gasteiger partial charge on any atom is -0.444 e. The van der Waals surface area contributed by atoms with Crippen molar-refractivity contribution in [3.05, 3.63) is 0 Å². The molecule has 2 saturated heterocycles. The number of likely N-dealkylation sites (N-methyl/N-ethyl adjacent to an activating group) is 1. The summed E-state index contributed by atoms with van der Waals surface area (Å²) >= 11 is 0. The standard InChI is InChI=1S/C17H32N4O3/c1-17(2,3)24-16(23)21-7-5-13(6-8-21)14(18)15(22)20-11-9-19(4)10-12-20/h13-14H,5-12,18H2,1-4H3. The van der Waals surface area contributed by atoms with Gasteiger partial charge in [-0.2, -0.15) is 0 Å². The quantitative estimate of drug-likeness (QED) is 0.802. The fraction of sp³-hybridized carbons (Fsp3) is 0.882. The van der Waals surface area contributed by atoms with Gasteiger partial charge in [-0.05, 0) is 46.6 Å². The number of nitrogens with two attached hydrogens (primary N) is 1. The first-order valence-corrected chi connectivity index (χ1v) is 8.88. The first kappa shape index (κ1) is 19.0. The molecule has 2 heterocycles. The summed E-state index contributed by atoms with van der Waals surface area (Å²) in [7, 11) is 2.06. The number of amides is 2. The van der Waals surface area contributed by atoms with Crippen LogP contribution in [-0.4, -0.2) is 84.7 Å². The van der Waals surface area contributed by atoms with Crippen LogP contribution in [0.1, 0.15) is 33.6 Å². The van der Waals surface area contributed by atoms with Crippen molar-refractivity contribution in [1.82, 2.24) is 14.7 Å². The van der Waals surface area contributed by atoms with Crippen molar-refractivity contribution in [1.29, 1.82) is 0 Å². The van der Waals surface area contributed by atoms with Crippen molar-refractivity contribution in [3.8, 4) is 0 Å². The van der Waals surface area contributed by atoms with Gasteiger partial charge in [0.1, 0.15) is 5.60 Å². The average Bonchev–Trinajstić information content (AvgIpc) is 2.53. The molecule has 0 spiro atoms. The number of likely N-dealkylation sites (tertiary alicyclic amines) is 1. The minimum atomic E-state index is -0.484. The fourth-order valence-electron chi connectivity index (χ4n) is 3.21. The molecule has 7 heteroatoms. The molecule has 2 amide bonds. The summed E-state index contributed by atoms with van der Waals surface area (Å²) in [5.41, 5.74) is 5.76. The molecule has 2 aliphatic heterocycles. The van der Waals surface area contributed by atoms with Gasteiger partial charge in [-0.15, -0.1) is 0 Å². The topological polar surface area (TPSA) is 79.1 Å². The van der Waals surface area contributed by atoms with Crippen LogP contribution < -0.4 is 5.73 Å². The molecule has 0 bridgehead atoms. The molecule has 2 rings (SSSR count). The number of hydrogen-bond acceptors (Lipinski definition) is 5. The largest absolute Gasteiger partial charge is 0.444 e. The van der Waals surface area contributed by atoms with Crippen LogP contribution in [0.3, 0.4) is 0 Å². The molecule has 24 heavy (non-hydrogen) atoms. The van der Waals surface area contributed by atoms with E-state index >= 15 is 0 Å². The third kappa shape index (κ3) is 5.08. The van der Waals surface area contributed by atoms with E-state index in [0.29, 0.717) is 13.1 Å². The van der Waals surface area contributed by atoms with Crippen molar-refractivity contribution in [2.45, 2.75) is 45.3 Å². The molecule has 0 saturated carbocycles. The highest BCUT2D eigenvalue weighted by atomic mass is 16.6. The Labute approximate surface area is 145 Å². The normalized spacial score (nSPS) is 22.4. The van der Waals surface area contributed by atoms with Gasteiger partial charge in [0.25, 0.3) is 0 Å². The number of nitrogens with zero attached hydrogens (tertiary/aromatic N) is 3. The zero-order valence-electron chi connectivity index (χ0n) is 15.5. The molecule has 0 aromatic rings. The lowest BCUT2D eigenvalue weighted by Crippen LogP contribution is -2.55. The van der Waals surface area contributed by atoms with Crippen LogP contribution in [0.5, 0.6) is 0 Å². The molecule has 0 radical (unpaired) electrons. The number of piperazine rings is 1. The van der Waals surface area contributed by atoms with Gasteiger partial charge < -0.3 is 25.2 Å². The van der Waals surface area contributed by atoms with E-state index in [0.717, 1.165) is 39.0 Å². The second-order valence-electron chi connectivity index (χ2n) is 7.96. The van der Waals surface area contributed by atoms with Gasteiger partial charge in [-0.1, -0.05) is 0 Å². The summed E-state index contributed by atoms with van der Waals surface area (Å²) < 4.78 is 5.40. The molecule has 2 N–H and O–H groups in total. The van der Waals surface area contributed by atoms with Crippen molar-refractivity contribution >= 4 is 12.0 Å². The van der Waals surface area contributed by atoms with E-state index in [1.165, 1.54) is 0 Å². The molecule has 1 unspecified atom stereocenters. The molecule has 2 fully saturated rings. The van der Waals surface area contributed by atoms with Gasteiger partial charge in [0, 0.05) is 39.3 Å². The lowest BCUT2D eigenvalue weighted by molar-refractivity contribution is -0.135. The Morgan fingerprint density at radius 1 is 1.00 bits per heavy atom. The number of carbonyl (C=O) groups excluding carboxylic acids is 2. The smallest absolute Gasteiger partial charge is 0.410 e. The Kier molecular flexibility index (Phi) is 6.09. The Hall–Kier alpha value is -1.34. The van der Waals surface area contributed by atoms with Crippen molar-refractivity contribution < 1.29 is 14.3 Å². The van der Waals surface area contributed by atoms with E-state index < -0.39 is 11.6 Å². The average molecular weight is 340 g/mol. The highest BCUT2D eigenvalue weighted by molar-refractivity contribution is 5.82. The first-order chi connectivity index (χ1) is 11.2. The van der Waals surface area contributed by atoms with Crippen molar-refractivity contribution in [2.75, 3.05) is 46.3 Å². The summed E-state index contributed by atoms with van der Waals surface area (Å²) in [6.45, 7) is 10.1. The van der Waals surface area contributed by atoms with Gasteiger partial charge in [-0.3, -0.25) is 4.79 Å². The summed E-state index contributed by atoms with van der Waals surface area (Å²) in [6.07, 6.45) is 1.22. The minimum absolute atomic E-state index is 0.0545. The van der Waals surface area contributed by atoms with Crippen LogP contribution >= 0.6 is 0 Å². The lowest BCUT2D eigenvalue weighted by Gasteiger charge is -2.38. The van der Waals surface area contributed by atoms with Gasteiger partial charge in [0.05, 0.1) is 6.04 Å². The summed E-state index contributed by atoms with van der Waals surface area (Å²) in [6, 6.07) is -0.464. The predicted octanol–water partition coefficient (Wildman–Crippen LogP) is 0.735. The second-order valence-corrected chi connectivity index (χ2v) is 7.96. The fourth-order valence-corrected chi connectivity index (χ4v) is 3.21. The number of rotatable bonds is 2. The van der Waals surface area contributed by atoms with Gasteiger partial charge in [0.15, 0.2) is 0 Å². The van der Waals surface area contributed by atoms with Crippen LogP contribution in [0.25, 0.3) is 0 Å². The Morgan fingerprint density at radius 2 is 1.54 bits per heavy atom. The zero-order chi connectivity index (χ0) is 17.9. The first-order valence-electron chi connectivity index (χ1n) is 8.88. The molecule has 0 aromatic carbocycles.